The summed E-state index contributed by atoms with van der Waals surface area (Å²) in [5, 5.41) is 2.93. The van der Waals surface area contributed by atoms with E-state index in [1.165, 1.54) is 0 Å². The first-order valence-electron chi connectivity index (χ1n) is 5.95. The SMILES string of the molecule is Cc1ccc(C(=O)NCC2COCC2C)cn1. The largest absolute Gasteiger partial charge is 0.381 e. The molecule has 2 heterocycles. The lowest BCUT2D eigenvalue weighted by molar-refractivity contribution is 0.0943. The van der Waals surface area contributed by atoms with Crippen LogP contribution in [0.4, 0.5) is 0 Å². The lowest BCUT2D eigenvalue weighted by Gasteiger charge is -2.13. The number of hydrogen-bond acceptors (Lipinski definition) is 3. The van der Waals surface area contributed by atoms with Crippen LogP contribution in [0.1, 0.15) is 23.0 Å². The number of rotatable bonds is 3. The van der Waals surface area contributed by atoms with Gasteiger partial charge in [-0.2, -0.15) is 0 Å². The highest BCUT2D eigenvalue weighted by atomic mass is 16.5. The molecule has 2 unspecified atom stereocenters. The Bertz CT molecular complexity index is 389. The molecule has 0 bridgehead atoms. The van der Waals surface area contributed by atoms with Gasteiger partial charge in [-0.15, -0.1) is 0 Å². The molecule has 1 aromatic heterocycles. The number of amides is 1. The Morgan fingerprint density at radius 2 is 2.35 bits per heavy atom. The molecule has 1 amide bonds. The monoisotopic (exact) mass is 234 g/mol. The minimum absolute atomic E-state index is 0.0587. The van der Waals surface area contributed by atoms with Crippen molar-refractivity contribution in [3.63, 3.8) is 0 Å². The highest BCUT2D eigenvalue weighted by molar-refractivity contribution is 5.93. The fourth-order valence-electron chi connectivity index (χ4n) is 1.89. The molecule has 1 aliphatic rings. The van der Waals surface area contributed by atoms with E-state index in [1.807, 2.05) is 13.0 Å². The third kappa shape index (κ3) is 3.03. The second-order valence-corrected chi connectivity index (χ2v) is 4.67. The Labute approximate surface area is 101 Å². The number of hydrogen-bond donors (Lipinski definition) is 1. The van der Waals surface area contributed by atoms with Crippen LogP contribution in [0.15, 0.2) is 18.3 Å². The first-order valence-corrected chi connectivity index (χ1v) is 5.95. The number of carbonyl (C=O) groups excluding carboxylic acids is 1. The summed E-state index contributed by atoms with van der Waals surface area (Å²) in [4.78, 5) is 15.9. The van der Waals surface area contributed by atoms with Gasteiger partial charge in [-0.25, -0.2) is 0 Å². The van der Waals surface area contributed by atoms with Gasteiger partial charge in [0.1, 0.15) is 0 Å². The van der Waals surface area contributed by atoms with Crippen molar-refractivity contribution < 1.29 is 9.53 Å². The third-order valence-electron chi connectivity index (χ3n) is 3.22. The molecule has 0 aromatic carbocycles. The van der Waals surface area contributed by atoms with Gasteiger partial charge in [-0.05, 0) is 25.0 Å². The van der Waals surface area contributed by atoms with Gasteiger partial charge in [-0.1, -0.05) is 6.92 Å². The van der Waals surface area contributed by atoms with E-state index in [1.54, 1.807) is 12.3 Å². The highest BCUT2D eigenvalue weighted by Crippen LogP contribution is 2.18. The Morgan fingerprint density at radius 1 is 1.53 bits per heavy atom. The molecule has 0 spiro atoms. The van der Waals surface area contributed by atoms with E-state index in [2.05, 4.69) is 17.2 Å². The van der Waals surface area contributed by atoms with Gasteiger partial charge >= 0.3 is 0 Å². The van der Waals surface area contributed by atoms with E-state index in [4.69, 9.17) is 4.74 Å². The van der Waals surface area contributed by atoms with Crippen LogP contribution in [0.25, 0.3) is 0 Å². The normalized spacial score (nSPS) is 23.6. The summed E-state index contributed by atoms with van der Waals surface area (Å²) in [5.74, 6) is 0.889. The molecular weight excluding hydrogens is 216 g/mol. The molecule has 1 fully saturated rings. The van der Waals surface area contributed by atoms with Gasteiger partial charge in [0, 0.05) is 31.0 Å². The Hall–Kier alpha value is -1.42. The molecule has 92 valence electrons. The van der Waals surface area contributed by atoms with Gasteiger partial charge in [0.2, 0.25) is 0 Å². The minimum Gasteiger partial charge on any atom is -0.381 e. The summed E-state index contributed by atoms with van der Waals surface area (Å²) in [7, 11) is 0. The molecule has 1 aliphatic heterocycles. The van der Waals surface area contributed by atoms with E-state index in [0.717, 1.165) is 18.9 Å². The van der Waals surface area contributed by atoms with Crippen molar-refractivity contribution in [3.05, 3.63) is 29.6 Å². The molecule has 4 heteroatoms. The fraction of sp³-hybridized carbons (Fsp3) is 0.538. The lowest BCUT2D eigenvalue weighted by Crippen LogP contribution is -2.31. The van der Waals surface area contributed by atoms with Crippen molar-refractivity contribution >= 4 is 5.91 Å². The molecule has 0 saturated carbocycles. The van der Waals surface area contributed by atoms with Crippen LogP contribution in [-0.4, -0.2) is 30.6 Å². The predicted octanol–water partition coefficient (Wildman–Crippen LogP) is 1.40. The van der Waals surface area contributed by atoms with Crippen LogP contribution in [-0.2, 0) is 4.74 Å². The number of nitrogens with one attached hydrogen (secondary N) is 1. The van der Waals surface area contributed by atoms with Crippen LogP contribution < -0.4 is 5.32 Å². The Morgan fingerprint density at radius 3 is 2.94 bits per heavy atom. The average Bonchev–Trinajstić information content (AvgIpc) is 2.73. The topological polar surface area (TPSA) is 51.2 Å². The summed E-state index contributed by atoms with van der Waals surface area (Å²) in [6.45, 7) is 6.27. The molecule has 0 aliphatic carbocycles. The number of aryl methyl sites for hydroxylation is 1. The van der Waals surface area contributed by atoms with Gasteiger partial charge in [0.25, 0.3) is 5.91 Å². The van der Waals surface area contributed by atoms with E-state index in [0.29, 0.717) is 23.9 Å². The number of aromatic nitrogens is 1. The van der Waals surface area contributed by atoms with Crippen molar-refractivity contribution in [2.45, 2.75) is 13.8 Å². The molecule has 2 rings (SSSR count). The molecule has 0 radical (unpaired) electrons. The van der Waals surface area contributed by atoms with E-state index in [-0.39, 0.29) is 5.91 Å². The zero-order valence-corrected chi connectivity index (χ0v) is 10.3. The second-order valence-electron chi connectivity index (χ2n) is 4.67. The van der Waals surface area contributed by atoms with Crippen molar-refractivity contribution in [2.24, 2.45) is 11.8 Å². The standard InChI is InChI=1S/C13H18N2O2/c1-9-7-17-8-12(9)6-15-13(16)11-4-3-10(2)14-5-11/h3-5,9,12H,6-8H2,1-2H3,(H,15,16). The zero-order chi connectivity index (χ0) is 12.3. The van der Waals surface area contributed by atoms with Crippen LogP contribution in [0.5, 0.6) is 0 Å². The van der Waals surface area contributed by atoms with E-state index < -0.39 is 0 Å². The first kappa shape index (κ1) is 12.0. The Balaban J connectivity index is 1.87. The van der Waals surface area contributed by atoms with Crippen LogP contribution in [0.2, 0.25) is 0 Å². The van der Waals surface area contributed by atoms with Crippen molar-refractivity contribution in [1.29, 1.82) is 0 Å². The summed E-state index contributed by atoms with van der Waals surface area (Å²) in [6.07, 6.45) is 1.61. The number of ether oxygens (including phenoxy) is 1. The van der Waals surface area contributed by atoms with Crippen LogP contribution >= 0.6 is 0 Å². The van der Waals surface area contributed by atoms with Crippen molar-refractivity contribution in [2.75, 3.05) is 19.8 Å². The Kier molecular flexibility index (Phi) is 3.74. The summed E-state index contributed by atoms with van der Waals surface area (Å²) in [6, 6.07) is 3.64. The van der Waals surface area contributed by atoms with Gasteiger partial charge in [-0.3, -0.25) is 9.78 Å². The van der Waals surface area contributed by atoms with Gasteiger partial charge < -0.3 is 10.1 Å². The minimum atomic E-state index is -0.0587. The van der Waals surface area contributed by atoms with Gasteiger partial charge in [0.15, 0.2) is 0 Å². The van der Waals surface area contributed by atoms with E-state index in [9.17, 15) is 4.79 Å². The molecule has 1 N–H and O–H groups in total. The lowest BCUT2D eigenvalue weighted by atomic mass is 9.98. The third-order valence-corrected chi connectivity index (χ3v) is 3.22. The van der Waals surface area contributed by atoms with Gasteiger partial charge in [0.05, 0.1) is 12.2 Å². The maximum atomic E-state index is 11.8. The first-order chi connectivity index (χ1) is 8.16. The second kappa shape index (κ2) is 5.27. The van der Waals surface area contributed by atoms with Crippen LogP contribution in [0, 0.1) is 18.8 Å². The maximum Gasteiger partial charge on any atom is 0.252 e. The number of nitrogens with zero attached hydrogens (tertiary/aromatic N) is 1. The van der Waals surface area contributed by atoms with E-state index >= 15 is 0 Å². The predicted molar refractivity (Wildman–Crippen MR) is 64.8 cm³/mol. The fourth-order valence-corrected chi connectivity index (χ4v) is 1.89. The maximum absolute atomic E-state index is 11.8. The molecular formula is C13H18N2O2. The molecule has 4 nitrogen and oxygen atoms in total. The summed E-state index contributed by atoms with van der Waals surface area (Å²) in [5.41, 5.74) is 1.53. The number of carbonyl (C=O) groups is 1. The molecule has 17 heavy (non-hydrogen) atoms. The molecule has 2 atom stereocenters. The zero-order valence-electron chi connectivity index (χ0n) is 10.3. The van der Waals surface area contributed by atoms with Crippen molar-refractivity contribution in [1.82, 2.24) is 10.3 Å². The average molecular weight is 234 g/mol. The quantitative estimate of drug-likeness (QED) is 0.860. The smallest absolute Gasteiger partial charge is 0.252 e. The molecule has 1 aromatic rings. The summed E-state index contributed by atoms with van der Waals surface area (Å²) >= 11 is 0. The summed E-state index contributed by atoms with van der Waals surface area (Å²) < 4.78 is 5.36. The van der Waals surface area contributed by atoms with Crippen molar-refractivity contribution in [3.8, 4) is 0 Å². The number of pyridine rings is 1. The highest BCUT2D eigenvalue weighted by Gasteiger charge is 2.24. The van der Waals surface area contributed by atoms with Crippen LogP contribution in [0.3, 0.4) is 0 Å². The molecule has 1 saturated heterocycles.